The van der Waals surface area contributed by atoms with Crippen molar-refractivity contribution in [3.8, 4) is 6.07 Å². The molecule has 1 aromatic rings. The largest absolute Gasteiger partial charge is 0.460 e. The quantitative estimate of drug-likeness (QED) is 0.0943. The van der Waals surface area contributed by atoms with Crippen molar-refractivity contribution >= 4 is 23.4 Å². The number of ether oxygens (including phenoxy) is 1. The summed E-state index contributed by atoms with van der Waals surface area (Å²) >= 11 is 0. The molecule has 0 aromatic heterocycles. The highest BCUT2D eigenvalue weighted by Crippen LogP contribution is 2.50. The van der Waals surface area contributed by atoms with Gasteiger partial charge in [0.05, 0.1) is 18.1 Å². The Bertz CT molecular complexity index is 1120. The van der Waals surface area contributed by atoms with Crippen LogP contribution in [0.15, 0.2) is 30.3 Å². The van der Waals surface area contributed by atoms with Gasteiger partial charge in [0.2, 0.25) is 11.4 Å². The van der Waals surface area contributed by atoms with Crippen LogP contribution in [-0.4, -0.2) is 71.6 Å². The number of ketones is 2. The maximum absolute atomic E-state index is 14.4. The molecule has 5 atom stereocenters. The van der Waals surface area contributed by atoms with Crippen LogP contribution in [0.25, 0.3) is 0 Å². The van der Waals surface area contributed by atoms with E-state index in [1.54, 1.807) is 30.3 Å². The van der Waals surface area contributed by atoms with Crippen molar-refractivity contribution in [2.24, 2.45) is 40.0 Å². The number of benzene rings is 1. The molecule has 0 spiro atoms. The zero-order valence-electron chi connectivity index (χ0n) is 24.8. The fraction of sp³-hybridized carbons (Fsp3) is 0.633. The van der Waals surface area contributed by atoms with Crippen LogP contribution in [-0.2, 0) is 30.5 Å². The molecule has 5 unspecified atom stereocenters. The number of nitrogens with zero attached hydrogens (tertiary/aromatic N) is 2. The van der Waals surface area contributed by atoms with Gasteiger partial charge in [-0.15, -0.1) is 0 Å². The Balaban J connectivity index is 2.75. The highest BCUT2D eigenvalue weighted by atomic mass is 16.5. The second kappa shape index (κ2) is 15.9. The van der Waals surface area contributed by atoms with E-state index in [0.29, 0.717) is 31.4 Å². The number of nitrogens with two attached hydrogens (primary N) is 5. The first-order valence-corrected chi connectivity index (χ1v) is 14.6. The van der Waals surface area contributed by atoms with Gasteiger partial charge in [-0.25, -0.2) is 0 Å². The summed E-state index contributed by atoms with van der Waals surface area (Å²) in [5.41, 5.74) is 25.7. The Hall–Kier alpha value is -3.21. The van der Waals surface area contributed by atoms with E-state index in [9.17, 15) is 24.4 Å². The van der Waals surface area contributed by atoms with Gasteiger partial charge in [-0.2, -0.15) is 5.26 Å². The molecule has 42 heavy (non-hydrogen) atoms. The van der Waals surface area contributed by atoms with E-state index in [1.165, 1.54) is 0 Å². The van der Waals surface area contributed by atoms with Crippen LogP contribution in [0.4, 0.5) is 0 Å². The van der Waals surface area contributed by atoms with Crippen LogP contribution in [0.3, 0.4) is 0 Å². The monoisotopic (exact) mass is 585 g/mol. The van der Waals surface area contributed by atoms with Gasteiger partial charge in [0, 0.05) is 6.54 Å². The molecule has 12 nitrogen and oxygen atoms in total. The molecular weight excluding hydrogens is 538 g/mol. The Kier molecular flexibility index (Phi) is 13.2. The van der Waals surface area contributed by atoms with Crippen LogP contribution in [0.5, 0.6) is 0 Å². The molecule has 10 N–H and O–H groups in total. The number of nitriles is 1. The summed E-state index contributed by atoms with van der Waals surface area (Å²) in [6, 6.07) is 7.07. The molecule has 0 bridgehead atoms. The first kappa shape index (κ1) is 35.0. The molecule has 232 valence electrons. The average molecular weight is 586 g/mol. The minimum Gasteiger partial charge on any atom is -0.460 e. The van der Waals surface area contributed by atoms with Gasteiger partial charge in [-0.3, -0.25) is 19.2 Å². The van der Waals surface area contributed by atoms with Gasteiger partial charge < -0.3 is 38.3 Å². The maximum atomic E-state index is 14.4. The lowest BCUT2D eigenvalue weighted by atomic mass is 9.62. The Morgan fingerprint density at radius 2 is 1.55 bits per heavy atom. The van der Waals surface area contributed by atoms with E-state index in [-0.39, 0.29) is 51.3 Å². The van der Waals surface area contributed by atoms with Gasteiger partial charge in [0.15, 0.2) is 17.0 Å². The number of rotatable bonds is 17. The Labute approximate surface area is 248 Å². The molecule has 0 radical (unpaired) electrons. The van der Waals surface area contributed by atoms with E-state index in [0.717, 1.165) is 4.90 Å². The lowest BCUT2D eigenvalue weighted by Gasteiger charge is -2.43. The van der Waals surface area contributed by atoms with Gasteiger partial charge in [0.25, 0.3) is 0 Å². The minimum atomic E-state index is -2.62. The molecule has 1 saturated heterocycles. The summed E-state index contributed by atoms with van der Waals surface area (Å²) in [6.45, 7) is 3.82. The van der Waals surface area contributed by atoms with E-state index in [1.807, 2.05) is 19.9 Å². The van der Waals surface area contributed by atoms with Gasteiger partial charge in [-0.05, 0) is 63.1 Å². The number of hydrogen-bond acceptors (Lipinski definition) is 11. The topological polar surface area (TPSA) is 235 Å². The average Bonchev–Trinajstić information content (AvgIpc) is 3.34. The molecule has 1 fully saturated rings. The summed E-state index contributed by atoms with van der Waals surface area (Å²) in [5, 5.41) is 10.9. The molecule has 1 aliphatic heterocycles. The first-order valence-electron chi connectivity index (χ1n) is 14.6. The lowest BCUT2D eigenvalue weighted by Crippen LogP contribution is -2.71. The summed E-state index contributed by atoms with van der Waals surface area (Å²) in [7, 11) is 0. The summed E-state index contributed by atoms with van der Waals surface area (Å²) in [5.74, 6) is -3.70. The van der Waals surface area contributed by atoms with Crippen molar-refractivity contribution in [2.75, 3.05) is 19.6 Å². The molecule has 2 rings (SSSR count). The number of hydrogen-bond donors (Lipinski definition) is 5. The molecule has 1 aliphatic rings. The minimum absolute atomic E-state index is 0.0642. The third-order valence-corrected chi connectivity index (χ3v) is 7.90. The van der Waals surface area contributed by atoms with Crippen LogP contribution >= 0.6 is 0 Å². The molecule has 0 saturated carbocycles. The fourth-order valence-corrected chi connectivity index (χ4v) is 5.69. The number of likely N-dealkylation sites (tertiary alicyclic amines) is 1. The van der Waals surface area contributed by atoms with Crippen molar-refractivity contribution in [1.82, 2.24) is 4.90 Å². The molecule has 12 heteroatoms. The summed E-state index contributed by atoms with van der Waals surface area (Å²) < 4.78 is 5.67. The normalized spacial score (nSPS) is 22.3. The van der Waals surface area contributed by atoms with Crippen LogP contribution in [0, 0.1) is 22.7 Å². The van der Waals surface area contributed by atoms with E-state index >= 15 is 0 Å². The molecule has 1 aromatic carbocycles. The van der Waals surface area contributed by atoms with Crippen LogP contribution in [0.2, 0.25) is 0 Å². The van der Waals surface area contributed by atoms with Crippen molar-refractivity contribution < 1.29 is 23.9 Å². The van der Waals surface area contributed by atoms with Crippen molar-refractivity contribution in [3.05, 3.63) is 35.9 Å². The molecule has 1 heterocycles. The lowest BCUT2D eigenvalue weighted by molar-refractivity contribution is -0.171. The van der Waals surface area contributed by atoms with E-state index < -0.39 is 52.5 Å². The highest BCUT2D eigenvalue weighted by Gasteiger charge is 2.74. The summed E-state index contributed by atoms with van der Waals surface area (Å²) in [4.78, 5) is 57.6. The fourth-order valence-electron chi connectivity index (χ4n) is 5.69. The van der Waals surface area contributed by atoms with Crippen LogP contribution in [0.1, 0.15) is 64.4 Å². The van der Waals surface area contributed by atoms with Crippen LogP contribution < -0.4 is 28.7 Å². The zero-order valence-corrected chi connectivity index (χ0v) is 24.8. The number of esters is 1. The number of carbonyl (C=O) groups is 4. The van der Waals surface area contributed by atoms with Crippen molar-refractivity contribution in [1.29, 1.82) is 5.26 Å². The standard InChI is InChI=1S/C30H47N7O5/c1-20(2)17-24(36)26(39)30(19-33)29(25(38)22(34)11-6-7-14-31,28(41)42-18-21-9-4-3-5-10-21)13-16-37(30)27(40)23(35)12-8-15-32/h3-5,9-10,20,22-24H,6-8,11-18,31-32,34-36H2,1-2H3. The Morgan fingerprint density at radius 1 is 0.929 bits per heavy atom. The zero-order chi connectivity index (χ0) is 31.5. The first-order chi connectivity index (χ1) is 19.9. The maximum Gasteiger partial charge on any atom is 0.324 e. The summed E-state index contributed by atoms with van der Waals surface area (Å²) in [6.07, 6.45) is 1.60. The third kappa shape index (κ3) is 7.22. The predicted octanol–water partition coefficient (Wildman–Crippen LogP) is 0.245. The second-order valence-electron chi connectivity index (χ2n) is 11.4. The van der Waals surface area contributed by atoms with Gasteiger partial charge in [-0.1, -0.05) is 50.6 Å². The number of amides is 1. The molecular formula is C30H47N7O5. The van der Waals surface area contributed by atoms with E-state index in [4.69, 9.17) is 33.4 Å². The van der Waals surface area contributed by atoms with E-state index in [2.05, 4.69) is 0 Å². The van der Waals surface area contributed by atoms with Crippen molar-refractivity contribution in [3.63, 3.8) is 0 Å². The number of Topliss-reactive ketones (excluding diaryl/α,β-unsaturated/α-hetero) is 2. The SMILES string of the molecule is CC(C)CC(N)C(=O)C1(C#N)N(C(=O)C(N)CCCN)CCC1(C(=O)OCc1ccccc1)C(=O)C(N)CCCCN. The molecule has 1 amide bonds. The smallest absolute Gasteiger partial charge is 0.324 e. The second-order valence-corrected chi connectivity index (χ2v) is 11.4. The predicted molar refractivity (Wildman–Crippen MR) is 158 cm³/mol. The highest BCUT2D eigenvalue weighted by molar-refractivity contribution is 6.17. The van der Waals surface area contributed by atoms with Gasteiger partial charge >= 0.3 is 5.97 Å². The third-order valence-electron chi connectivity index (χ3n) is 7.90. The number of carbonyl (C=O) groups excluding carboxylic acids is 4. The Morgan fingerprint density at radius 3 is 2.12 bits per heavy atom. The number of unbranched alkanes of at least 4 members (excludes halogenated alkanes) is 1. The van der Waals surface area contributed by atoms with Crippen molar-refractivity contribution in [2.45, 2.75) is 89.1 Å². The molecule has 0 aliphatic carbocycles. The van der Waals surface area contributed by atoms with Gasteiger partial charge in [0.1, 0.15) is 12.7 Å².